The van der Waals surface area contributed by atoms with Crippen molar-refractivity contribution in [3.63, 3.8) is 0 Å². The van der Waals surface area contributed by atoms with Crippen molar-refractivity contribution in [2.75, 3.05) is 0 Å². The number of esters is 2. The first kappa shape index (κ1) is 21.2. The quantitative estimate of drug-likeness (QED) is 0.669. The normalized spacial score (nSPS) is 15.4. The molecule has 0 saturated carbocycles. The van der Waals surface area contributed by atoms with E-state index in [0.29, 0.717) is 5.92 Å². The first-order valence-corrected chi connectivity index (χ1v) is 8.98. The fourth-order valence-corrected chi connectivity index (χ4v) is 2.96. The fraction of sp³-hybridized carbons (Fsp3) is 0.619. The molecular formula is C21H32O4. The lowest BCUT2D eigenvalue weighted by Crippen LogP contribution is -2.31. The molecule has 0 spiro atoms. The van der Waals surface area contributed by atoms with E-state index in [1.165, 1.54) is 0 Å². The van der Waals surface area contributed by atoms with Crippen molar-refractivity contribution >= 4 is 11.9 Å². The van der Waals surface area contributed by atoms with Crippen LogP contribution in [-0.4, -0.2) is 23.6 Å². The van der Waals surface area contributed by atoms with Gasteiger partial charge in [0.2, 0.25) is 0 Å². The van der Waals surface area contributed by atoms with Gasteiger partial charge >= 0.3 is 11.9 Å². The maximum absolute atomic E-state index is 12.4. The molecule has 0 heterocycles. The van der Waals surface area contributed by atoms with Gasteiger partial charge in [0.25, 0.3) is 0 Å². The molecule has 1 aromatic carbocycles. The highest BCUT2D eigenvalue weighted by atomic mass is 16.6. The van der Waals surface area contributed by atoms with Crippen molar-refractivity contribution in [2.45, 2.75) is 72.5 Å². The topological polar surface area (TPSA) is 52.6 Å². The van der Waals surface area contributed by atoms with Crippen LogP contribution in [0.25, 0.3) is 0 Å². The molecule has 3 atom stereocenters. The van der Waals surface area contributed by atoms with Gasteiger partial charge in [-0.25, -0.2) is 0 Å². The van der Waals surface area contributed by atoms with Crippen molar-refractivity contribution < 1.29 is 19.1 Å². The summed E-state index contributed by atoms with van der Waals surface area (Å²) in [5.41, 5.74) is 0.599. The van der Waals surface area contributed by atoms with Crippen LogP contribution in [0.5, 0.6) is 0 Å². The molecule has 0 bridgehead atoms. The summed E-state index contributed by atoms with van der Waals surface area (Å²) >= 11 is 0. The Morgan fingerprint density at radius 1 is 1.00 bits per heavy atom. The highest BCUT2D eigenvalue weighted by Crippen LogP contribution is 2.30. The van der Waals surface area contributed by atoms with Crippen LogP contribution in [-0.2, 0) is 19.1 Å². The Kier molecular flexibility index (Phi) is 7.65. The lowest BCUT2D eigenvalue weighted by molar-refractivity contribution is -0.163. The third-order valence-electron chi connectivity index (χ3n) is 4.01. The number of hydrogen-bond donors (Lipinski definition) is 0. The molecule has 0 aliphatic heterocycles. The molecule has 0 fully saturated rings. The average Bonchev–Trinajstić information content (AvgIpc) is 2.45. The minimum absolute atomic E-state index is 0.0283. The number of benzene rings is 1. The van der Waals surface area contributed by atoms with Crippen molar-refractivity contribution in [2.24, 2.45) is 11.8 Å². The van der Waals surface area contributed by atoms with Gasteiger partial charge in [0.15, 0.2) is 0 Å². The highest BCUT2D eigenvalue weighted by molar-refractivity contribution is 5.79. The molecular weight excluding hydrogens is 316 g/mol. The van der Waals surface area contributed by atoms with Crippen LogP contribution in [0.15, 0.2) is 30.3 Å². The van der Waals surface area contributed by atoms with Gasteiger partial charge in [-0.05, 0) is 39.2 Å². The van der Waals surface area contributed by atoms with E-state index in [4.69, 9.17) is 9.47 Å². The van der Waals surface area contributed by atoms with E-state index < -0.39 is 11.5 Å². The second kappa shape index (κ2) is 9.02. The molecule has 0 aliphatic carbocycles. The Morgan fingerprint density at radius 2 is 1.56 bits per heavy atom. The molecule has 0 radical (unpaired) electrons. The standard InChI is InChI=1S/C21H32O4/c1-14(2)19(17-11-9-8-10-12-17)16(4)24-20(23)15(3)13-18(22)25-21(5,6)7/h8-12,14-16,19H,13H2,1-7H3/t15-,16+,19+/m1/s1. The SMILES string of the molecule is CC(C)[C@H](c1ccccc1)[C@H](C)OC(=O)[C@H](C)CC(=O)OC(C)(C)C. The Hall–Kier alpha value is -1.84. The molecule has 4 heteroatoms. The summed E-state index contributed by atoms with van der Waals surface area (Å²) in [4.78, 5) is 24.3. The van der Waals surface area contributed by atoms with Crippen LogP contribution in [0.4, 0.5) is 0 Å². The lowest BCUT2D eigenvalue weighted by atomic mass is 9.84. The minimum atomic E-state index is -0.552. The van der Waals surface area contributed by atoms with E-state index >= 15 is 0 Å². The summed E-state index contributed by atoms with van der Waals surface area (Å²) in [6.45, 7) is 13.3. The molecule has 4 nitrogen and oxygen atoms in total. The van der Waals surface area contributed by atoms with Crippen molar-refractivity contribution in [3.05, 3.63) is 35.9 Å². The molecule has 0 aliphatic rings. The summed E-state index contributed by atoms with van der Waals surface area (Å²) in [5, 5.41) is 0. The fourth-order valence-electron chi connectivity index (χ4n) is 2.96. The van der Waals surface area contributed by atoms with Crippen molar-refractivity contribution in [1.29, 1.82) is 0 Å². The molecule has 1 aromatic rings. The maximum atomic E-state index is 12.4. The molecule has 140 valence electrons. The molecule has 0 unspecified atom stereocenters. The van der Waals surface area contributed by atoms with Gasteiger partial charge in [-0.2, -0.15) is 0 Å². The Balaban J connectivity index is 2.69. The van der Waals surface area contributed by atoms with Gasteiger partial charge in [0, 0.05) is 5.92 Å². The second-order valence-electron chi connectivity index (χ2n) is 8.01. The van der Waals surface area contributed by atoms with Crippen molar-refractivity contribution in [3.8, 4) is 0 Å². The zero-order valence-corrected chi connectivity index (χ0v) is 16.5. The number of ether oxygens (including phenoxy) is 2. The number of hydrogen-bond acceptors (Lipinski definition) is 4. The van der Waals surface area contributed by atoms with Gasteiger partial charge in [-0.1, -0.05) is 51.1 Å². The molecule has 1 rings (SSSR count). The van der Waals surface area contributed by atoms with Gasteiger partial charge in [0.1, 0.15) is 11.7 Å². The molecule has 0 aromatic heterocycles. The highest BCUT2D eigenvalue weighted by Gasteiger charge is 2.29. The summed E-state index contributed by atoms with van der Waals surface area (Å²) < 4.78 is 10.9. The second-order valence-corrected chi connectivity index (χ2v) is 8.01. The number of rotatable bonds is 7. The molecule has 0 N–H and O–H groups in total. The van der Waals surface area contributed by atoms with Crippen LogP contribution in [0, 0.1) is 11.8 Å². The molecule has 25 heavy (non-hydrogen) atoms. The first-order chi connectivity index (χ1) is 11.5. The smallest absolute Gasteiger partial charge is 0.309 e. The van der Waals surface area contributed by atoms with Gasteiger partial charge in [-0.3, -0.25) is 9.59 Å². The average molecular weight is 348 g/mol. The lowest BCUT2D eigenvalue weighted by Gasteiger charge is -2.29. The van der Waals surface area contributed by atoms with E-state index in [0.717, 1.165) is 5.56 Å². The number of carbonyl (C=O) groups excluding carboxylic acids is 2. The summed E-state index contributed by atoms with van der Waals surface area (Å²) in [6.07, 6.45) is -0.239. The van der Waals surface area contributed by atoms with E-state index in [1.54, 1.807) is 6.92 Å². The zero-order valence-electron chi connectivity index (χ0n) is 16.5. The summed E-state index contributed by atoms with van der Waals surface area (Å²) in [7, 11) is 0. The van der Waals surface area contributed by atoms with Gasteiger partial charge in [0.05, 0.1) is 12.3 Å². The van der Waals surface area contributed by atoms with Crippen LogP contribution in [0.2, 0.25) is 0 Å². The minimum Gasteiger partial charge on any atom is -0.462 e. The van der Waals surface area contributed by atoms with Crippen LogP contribution >= 0.6 is 0 Å². The van der Waals surface area contributed by atoms with E-state index in [2.05, 4.69) is 26.0 Å². The van der Waals surface area contributed by atoms with Crippen LogP contribution < -0.4 is 0 Å². The van der Waals surface area contributed by atoms with Crippen LogP contribution in [0.1, 0.15) is 66.4 Å². The molecule has 0 saturated heterocycles. The van der Waals surface area contributed by atoms with E-state index in [1.807, 2.05) is 45.9 Å². The van der Waals surface area contributed by atoms with Gasteiger partial charge < -0.3 is 9.47 Å². The third-order valence-corrected chi connectivity index (χ3v) is 4.01. The Labute approximate surface area is 151 Å². The number of carbonyl (C=O) groups is 2. The summed E-state index contributed by atoms with van der Waals surface area (Å²) in [5.74, 6) is -0.834. The third kappa shape index (κ3) is 7.29. The Morgan fingerprint density at radius 3 is 2.04 bits per heavy atom. The zero-order chi connectivity index (χ0) is 19.2. The van der Waals surface area contributed by atoms with E-state index in [9.17, 15) is 9.59 Å². The molecule has 0 amide bonds. The predicted octanol–water partition coefficient (Wildman–Crippen LogP) is 4.73. The predicted molar refractivity (Wildman–Crippen MR) is 99.2 cm³/mol. The van der Waals surface area contributed by atoms with Crippen molar-refractivity contribution in [1.82, 2.24) is 0 Å². The largest absolute Gasteiger partial charge is 0.462 e. The summed E-state index contributed by atoms with van der Waals surface area (Å²) in [6, 6.07) is 10.1. The first-order valence-electron chi connectivity index (χ1n) is 8.98. The van der Waals surface area contributed by atoms with Gasteiger partial charge in [-0.15, -0.1) is 0 Å². The monoisotopic (exact) mass is 348 g/mol. The van der Waals surface area contributed by atoms with E-state index in [-0.39, 0.29) is 30.4 Å². The maximum Gasteiger partial charge on any atom is 0.309 e. The van der Waals surface area contributed by atoms with Crippen LogP contribution in [0.3, 0.4) is 0 Å². The Bertz CT molecular complexity index is 557.